The van der Waals surface area contributed by atoms with Crippen molar-refractivity contribution >= 4 is 22.9 Å². The van der Waals surface area contributed by atoms with Gasteiger partial charge in [0.15, 0.2) is 0 Å². The molecule has 0 aliphatic heterocycles. The SMILES string of the molecule is CN(Cc1ccc(Cl)s1)C1(CN)CCC(C(C)(C)C)CC1. The highest BCUT2D eigenvalue weighted by Crippen LogP contribution is 2.43. The monoisotopic (exact) mass is 328 g/mol. The van der Waals surface area contributed by atoms with Crippen LogP contribution in [-0.4, -0.2) is 24.0 Å². The Balaban J connectivity index is 2.02. The molecule has 1 aliphatic carbocycles. The van der Waals surface area contributed by atoms with Gasteiger partial charge in [-0.25, -0.2) is 0 Å². The van der Waals surface area contributed by atoms with Crippen molar-refractivity contribution in [2.24, 2.45) is 17.1 Å². The molecular formula is C17H29ClN2S. The van der Waals surface area contributed by atoms with Crippen LogP contribution in [0.3, 0.4) is 0 Å². The van der Waals surface area contributed by atoms with Gasteiger partial charge in [0, 0.05) is 23.5 Å². The number of hydrogen-bond acceptors (Lipinski definition) is 3. The van der Waals surface area contributed by atoms with Gasteiger partial charge in [-0.15, -0.1) is 11.3 Å². The first kappa shape index (κ1) is 17.3. The molecule has 0 amide bonds. The Morgan fingerprint density at radius 1 is 1.33 bits per heavy atom. The molecule has 1 saturated carbocycles. The highest BCUT2D eigenvalue weighted by atomic mass is 35.5. The van der Waals surface area contributed by atoms with Crippen molar-refractivity contribution in [2.45, 2.75) is 58.5 Å². The van der Waals surface area contributed by atoms with Gasteiger partial charge in [0.25, 0.3) is 0 Å². The second kappa shape index (κ2) is 6.57. The van der Waals surface area contributed by atoms with E-state index < -0.39 is 0 Å². The Kier molecular flexibility index (Phi) is 5.40. The first-order chi connectivity index (χ1) is 9.77. The zero-order valence-electron chi connectivity index (χ0n) is 13.8. The lowest BCUT2D eigenvalue weighted by Gasteiger charge is -2.48. The number of likely N-dealkylation sites (N-methyl/N-ethyl adjacent to an activating group) is 1. The Hall–Kier alpha value is -0.0900. The van der Waals surface area contributed by atoms with Crippen LogP contribution in [0, 0.1) is 11.3 Å². The van der Waals surface area contributed by atoms with Crippen molar-refractivity contribution in [1.82, 2.24) is 4.90 Å². The molecule has 120 valence electrons. The van der Waals surface area contributed by atoms with Crippen molar-refractivity contribution in [2.75, 3.05) is 13.6 Å². The van der Waals surface area contributed by atoms with Gasteiger partial charge in [-0.3, -0.25) is 4.90 Å². The van der Waals surface area contributed by atoms with Gasteiger partial charge in [-0.05, 0) is 56.2 Å². The predicted molar refractivity (Wildman–Crippen MR) is 94.0 cm³/mol. The molecule has 2 nitrogen and oxygen atoms in total. The lowest BCUT2D eigenvalue weighted by Crippen LogP contribution is -2.54. The van der Waals surface area contributed by atoms with Gasteiger partial charge < -0.3 is 5.73 Å². The lowest BCUT2D eigenvalue weighted by atomic mass is 9.67. The maximum absolute atomic E-state index is 6.19. The van der Waals surface area contributed by atoms with Gasteiger partial charge in [-0.1, -0.05) is 32.4 Å². The Labute approximate surface area is 138 Å². The summed E-state index contributed by atoms with van der Waals surface area (Å²) in [5.41, 5.74) is 6.77. The van der Waals surface area contributed by atoms with Crippen LogP contribution in [0.25, 0.3) is 0 Å². The van der Waals surface area contributed by atoms with E-state index in [0.717, 1.165) is 23.3 Å². The third-order valence-electron chi connectivity index (χ3n) is 5.35. The Morgan fingerprint density at radius 2 is 1.95 bits per heavy atom. The van der Waals surface area contributed by atoms with Crippen molar-refractivity contribution in [3.63, 3.8) is 0 Å². The van der Waals surface area contributed by atoms with Gasteiger partial charge in [0.2, 0.25) is 0 Å². The van der Waals surface area contributed by atoms with E-state index in [-0.39, 0.29) is 5.54 Å². The van der Waals surface area contributed by atoms with Crippen molar-refractivity contribution in [1.29, 1.82) is 0 Å². The molecule has 2 N–H and O–H groups in total. The third-order valence-corrected chi connectivity index (χ3v) is 6.57. The summed E-state index contributed by atoms with van der Waals surface area (Å²) in [6, 6.07) is 4.12. The van der Waals surface area contributed by atoms with Crippen LogP contribution >= 0.6 is 22.9 Å². The lowest BCUT2D eigenvalue weighted by molar-refractivity contribution is 0.0340. The summed E-state index contributed by atoms with van der Waals surface area (Å²) in [5.74, 6) is 0.821. The topological polar surface area (TPSA) is 29.3 Å². The average molecular weight is 329 g/mol. The fourth-order valence-corrected chi connectivity index (χ4v) is 4.74. The molecule has 2 rings (SSSR count). The summed E-state index contributed by atoms with van der Waals surface area (Å²) in [7, 11) is 2.22. The van der Waals surface area contributed by atoms with E-state index in [1.165, 1.54) is 30.6 Å². The average Bonchev–Trinajstić information content (AvgIpc) is 2.83. The van der Waals surface area contributed by atoms with E-state index in [4.69, 9.17) is 17.3 Å². The summed E-state index contributed by atoms with van der Waals surface area (Å²) in [5, 5.41) is 0. The minimum atomic E-state index is 0.165. The number of halogens is 1. The van der Waals surface area contributed by atoms with Gasteiger partial charge >= 0.3 is 0 Å². The summed E-state index contributed by atoms with van der Waals surface area (Å²) in [4.78, 5) is 3.79. The smallest absolute Gasteiger partial charge is 0.0931 e. The summed E-state index contributed by atoms with van der Waals surface area (Å²) >= 11 is 7.72. The minimum absolute atomic E-state index is 0.165. The second-order valence-corrected chi connectivity index (χ2v) is 9.43. The standard InChI is InChI=1S/C17H29ClN2S/c1-16(2,3)13-7-9-17(12-19,10-8-13)20(4)11-14-5-6-15(18)21-14/h5-6,13H,7-12,19H2,1-4H3. The van der Waals surface area contributed by atoms with Crippen LogP contribution in [-0.2, 0) is 6.54 Å². The molecule has 0 bridgehead atoms. The van der Waals surface area contributed by atoms with E-state index >= 15 is 0 Å². The zero-order valence-corrected chi connectivity index (χ0v) is 15.4. The molecule has 4 heteroatoms. The first-order valence-electron chi connectivity index (χ1n) is 7.92. The van der Waals surface area contributed by atoms with Crippen molar-refractivity contribution in [3.8, 4) is 0 Å². The van der Waals surface area contributed by atoms with E-state index in [1.807, 2.05) is 6.07 Å². The van der Waals surface area contributed by atoms with Crippen LogP contribution in [0.5, 0.6) is 0 Å². The van der Waals surface area contributed by atoms with Crippen molar-refractivity contribution in [3.05, 3.63) is 21.3 Å². The van der Waals surface area contributed by atoms with Crippen LogP contribution in [0.15, 0.2) is 12.1 Å². The highest BCUT2D eigenvalue weighted by molar-refractivity contribution is 7.16. The van der Waals surface area contributed by atoms with Gasteiger partial charge in [0.05, 0.1) is 4.34 Å². The number of rotatable bonds is 4. The van der Waals surface area contributed by atoms with E-state index in [2.05, 4.69) is 38.8 Å². The number of nitrogens with zero attached hydrogens (tertiary/aromatic N) is 1. The molecule has 0 radical (unpaired) electrons. The van der Waals surface area contributed by atoms with E-state index in [0.29, 0.717) is 5.41 Å². The molecule has 1 heterocycles. The Morgan fingerprint density at radius 3 is 2.38 bits per heavy atom. The van der Waals surface area contributed by atoms with Crippen molar-refractivity contribution < 1.29 is 0 Å². The fourth-order valence-electron chi connectivity index (χ4n) is 3.60. The second-order valence-electron chi connectivity index (χ2n) is 7.63. The van der Waals surface area contributed by atoms with Crippen LogP contribution in [0.2, 0.25) is 4.34 Å². The maximum Gasteiger partial charge on any atom is 0.0931 e. The van der Waals surface area contributed by atoms with Crippen LogP contribution in [0.4, 0.5) is 0 Å². The summed E-state index contributed by atoms with van der Waals surface area (Å²) in [6.45, 7) is 8.80. The normalized spacial score (nSPS) is 27.3. The molecule has 1 aliphatic rings. The van der Waals surface area contributed by atoms with Crippen LogP contribution in [0.1, 0.15) is 51.3 Å². The summed E-state index contributed by atoms with van der Waals surface area (Å²) in [6.07, 6.45) is 4.99. The first-order valence-corrected chi connectivity index (χ1v) is 9.12. The molecule has 1 fully saturated rings. The van der Waals surface area contributed by atoms with Gasteiger partial charge in [0.1, 0.15) is 0 Å². The van der Waals surface area contributed by atoms with E-state index in [1.54, 1.807) is 11.3 Å². The molecule has 1 aromatic heterocycles. The zero-order chi connectivity index (χ0) is 15.7. The Bertz CT molecular complexity index is 456. The highest BCUT2D eigenvalue weighted by Gasteiger charge is 2.40. The molecule has 0 spiro atoms. The largest absolute Gasteiger partial charge is 0.329 e. The quantitative estimate of drug-likeness (QED) is 0.862. The number of thiophene rings is 1. The molecule has 0 saturated heterocycles. The molecule has 0 aromatic carbocycles. The minimum Gasteiger partial charge on any atom is -0.329 e. The molecule has 0 unspecified atom stereocenters. The number of hydrogen-bond donors (Lipinski definition) is 1. The molecule has 21 heavy (non-hydrogen) atoms. The molecule has 1 aromatic rings. The summed E-state index contributed by atoms with van der Waals surface area (Å²) < 4.78 is 0.872. The fraction of sp³-hybridized carbons (Fsp3) is 0.765. The number of nitrogens with two attached hydrogens (primary N) is 1. The molecule has 0 atom stereocenters. The maximum atomic E-state index is 6.19. The molecular weight excluding hydrogens is 300 g/mol. The van der Waals surface area contributed by atoms with Crippen LogP contribution < -0.4 is 5.73 Å². The predicted octanol–water partition coefficient (Wildman–Crippen LogP) is 4.77. The van der Waals surface area contributed by atoms with Gasteiger partial charge in [-0.2, -0.15) is 0 Å². The third kappa shape index (κ3) is 4.01. The van der Waals surface area contributed by atoms with E-state index in [9.17, 15) is 0 Å².